The highest BCUT2D eigenvalue weighted by Crippen LogP contribution is 2.18. The zero-order chi connectivity index (χ0) is 11.3. The van der Waals surface area contributed by atoms with Gasteiger partial charge in [-0.3, -0.25) is 0 Å². The fourth-order valence-electron chi connectivity index (χ4n) is 1.50. The molecule has 0 radical (unpaired) electrons. The lowest BCUT2D eigenvalue weighted by Gasteiger charge is -2.23. The van der Waals surface area contributed by atoms with Crippen LogP contribution in [-0.4, -0.2) is 23.1 Å². The Hall–Kier alpha value is -0.830. The summed E-state index contributed by atoms with van der Waals surface area (Å²) in [7, 11) is 0. The van der Waals surface area contributed by atoms with Gasteiger partial charge in [0.1, 0.15) is 5.82 Å². The standard InChI is InChI=1S/C11H18ClN3/c1-4-6-7-15(5-2)10-9(3)8-13-11(12)14-10/h8H,4-7H2,1-3H3. The lowest BCUT2D eigenvalue weighted by atomic mass is 10.2. The quantitative estimate of drug-likeness (QED) is 0.724. The molecule has 0 aliphatic heterocycles. The number of nitrogens with zero attached hydrogens (tertiary/aromatic N) is 3. The number of aryl methyl sites for hydroxylation is 1. The van der Waals surface area contributed by atoms with Crippen molar-refractivity contribution in [1.29, 1.82) is 0 Å². The first kappa shape index (κ1) is 12.2. The second kappa shape index (κ2) is 5.91. The average molecular weight is 228 g/mol. The highest BCUT2D eigenvalue weighted by Gasteiger charge is 2.09. The summed E-state index contributed by atoms with van der Waals surface area (Å²) in [6, 6.07) is 0. The maximum absolute atomic E-state index is 5.80. The van der Waals surface area contributed by atoms with E-state index >= 15 is 0 Å². The largest absolute Gasteiger partial charge is 0.357 e. The summed E-state index contributed by atoms with van der Waals surface area (Å²) >= 11 is 5.80. The van der Waals surface area contributed by atoms with Crippen LogP contribution < -0.4 is 4.90 Å². The SMILES string of the molecule is CCCCN(CC)c1nc(Cl)ncc1C. The zero-order valence-corrected chi connectivity index (χ0v) is 10.4. The number of hydrogen-bond acceptors (Lipinski definition) is 3. The van der Waals surface area contributed by atoms with Crippen molar-refractivity contribution < 1.29 is 0 Å². The van der Waals surface area contributed by atoms with E-state index in [1.54, 1.807) is 6.20 Å². The Labute approximate surface area is 96.5 Å². The molecule has 0 atom stereocenters. The molecule has 0 aliphatic carbocycles. The van der Waals surface area contributed by atoms with E-state index in [2.05, 4.69) is 28.7 Å². The molecular weight excluding hydrogens is 210 g/mol. The van der Waals surface area contributed by atoms with E-state index in [0.29, 0.717) is 5.28 Å². The van der Waals surface area contributed by atoms with Crippen LogP contribution in [0.25, 0.3) is 0 Å². The van der Waals surface area contributed by atoms with Crippen LogP contribution in [0.15, 0.2) is 6.20 Å². The smallest absolute Gasteiger partial charge is 0.224 e. The van der Waals surface area contributed by atoms with Crippen LogP contribution in [0.2, 0.25) is 5.28 Å². The topological polar surface area (TPSA) is 29.0 Å². The second-order valence-corrected chi connectivity index (χ2v) is 3.92. The van der Waals surface area contributed by atoms with Gasteiger partial charge < -0.3 is 4.90 Å². The molecule has 0 aliphatic rings. The van der Waals surface area contributed by atoms with Crippen molar-refractivity contribution >= 4 is 17.4 Å². The fraction of sp³-hybridized carbons (Fsp3) is 0.636. The van der Waals surface area contributed by atoms with Gasteiger partial charge in [0.05, 0.1) is 0 Å². The van der Waals surface area contributed by atoms with Gasteiger partial charge in [0.25, 0.3) is 0 Å². The molecule has 3 nitrogen and oxygen atoms in total. The molecule has 0 fully saturated rings. The first-order chi connectivity index (χ1) is 7.19. The minimum atomic E-state index is 0.325. The summed E-state index contributed by atoms with van der Waals surface area (Å²) in [5.74, 6) is 0.964. The van der Waals surface area contributed by atoms with Crippen LogP contribution in [0.3, 0.4) is 0 Å². The van der Waals surface area contributed by atoms with Crippen molar-refractivity contribution in [3.63, 3.8) is 0 Å². The molecule has 0 aromatic carbocycles. The Balaban J connectivity index is 2.85. The third-order valence-corrected chi connectivity index (χ3v) is 2.56. The van der Waals surface area contributed by atoms with Gasteiger partial charge in [-0.1, -0.05) is 13.3 Å². The number of hydrogen-bond donors (Lipinski definition) is 0. The number of rotatable bonds is 5. The van der Waals surface area contributed by atoms with Gasteiger partial charge >= 0.3 is 0 Å². The van der Waals surface area contributed by atoms with E-state index in [1.807, 2.05) is 6.92 Å². The third-order valence-electron chi connectivity index (χ3n) is 2.38. The lowest BCUT2D eigenvalue weighted by Crippen LogP contribution is -2.25. The van der Waals surface area contributed by atoms with Crippen molar-refractivity contribution in [2.45, 2.75) is 33.6 Å². The van der Waals surface area contributed by atoms with E-state index in [1.165, 1.54) is 12.8 Å². The molecule has 84 valence electrons. The van der Waals surface area contributed by atoms with Crippen LogP contribution in [0.5, 0.6) is 0 Å². The van der Waals surface area contributed by atoms with E-state index in [0.717, 1.165) is 24.5 Å². The fourth-order valence-corrected chi connectivity index (χ4v) is 1.62. The van der Waals surface area contributed by atoms with E-state index < -0.39 is 0 Å². The number of anilines is 1. The van der Waals surface area contributed by atoms with Gasteiger partial charge in [0, 0.05) is 24.8 Å². The Bertz CT molecular complexity index is 315. The molecular formula is C11H18ClN3. The molecule has 0 N–H and O–H groups in total. The van der Waals surface area contributed by atoms with Gasteiger partial charge in [-0.2, -0.15) is 0 Å². The predicted octanol–water partition coefficient (Wildman–Crippen LogP) is 3.06. The maximum atomic E-state index is 5.80. The molecule has 1 rings (SSSR count). The molecule has 0 saturated carbocycles. The highest BCUT2D eigenvalue weighted by atomic mass is 35.5. The molecule has 0 bridgehead atoms. The van der Waals surface area contributed by atoms with E-state index in [4.69, 9.17) is 11.6 Å². The van der Waals surface area contributed by atoms with Crippen molar-refractivity contribution in [3.05, 3.63) is 17.0 Å². The Morgan fingerprint density at radius 3 is 2.73 bits per heavy atom. The zero-order valence-electron chi connectivity index (χ0n) is 9.63. The van der Waals surface area contributed by atoms with Gasteiger partial charge in [0.15, 0.2) is 0 Å². The molecule has 1 aromatic heterocycles. The van der Waals surface area contributed by atoms with Gasteiger partial charge in [0.2, 0.25) is 5.28 Å². The summed E-state index contributed by atoms with van der Waals surface area (Å²) in [6.45, 7) is 8.31. The monoisotopic (exact) mass is 227 g/mol. The normalized spacial score (nSPS) is 10.4. The van der Waals surface area contributed by atoms with Crippen LogP contribution in [-0.2, 0) is 0 Å². The van der Waals surface area contributed by atoms with Crippen LogP contribution in [0, 0.1) is 6.92 Å². The molecule has 15 heavy (non-hydrogen) atoms. The minimum absolute atomic E-state index is 0.325. The summed E-state index contributed by atoms with van der Waals surface area (Å²) in [5.41, 5.74) is 1.08. The lowest BCUT2D eigenvalue weighted by molar-refractivity contribution is 0.720. The maximum Gasteiger partial charge on any atom is 0.224 e. The molecule has 0 spiro atoms. The van der Waals surface area contributed by atoms with E-state index in [-0.39, 0.29) is 0 Å². The predicted molar refractivity (Wildman–Crippen MR) is 64.6 cm³/mol. The summed E-state index contributed by atoms with van der Waals surface area (Å²) in [5, 5.41) is 0.325. The molecule has 4 heteroatoms. The number of aromatic nitrogens is 2. The van der Waals surface area contributed by atoms with Crippen LogP contribution in [0.1, 0.15) is 32.3 Å². The van der Waals surface area contributed by atoms with Gasteiger partial charge in [-0.25, -0.2) is 9.97 Å². The molecule has 0 saturated heterocycles. The average Bonchev–Trinajstić information content (AvgIpc) is 2.24. The first-order valence-corrected chi connectivity index (χ1v) is 5.80. The molecule has 1 aromatic rings. The third kappa shape index (κ3) is 3.34. The molecule has 0 amide bonds. The number of halogens is 1. The second-order valence-electron chi connectivity index (χ2n) is 3.58. The van der Waals surface area contributed by atoms with Crippen molar-refractivity contribution in [1.82, 2.24) is 9.97 Å². The summed E-state index contributed by atoms with van der Waals surface area (Å²) in [6.07, 6.45) is 4.14. The molecule has 0 unspecified atom stereocenters. The Morgan fingerprint density at radius 2 is 2.13 bits per heavy atom. The van der Waals surface area contributed by atoms with Crippen molar-refractivity contribution in [3.8, 4) is 0 Å². The highest BCUT2D eigenvalue weighted by molar-refractivity contribution is 6.28. The van der Waals surface area contributed by atoms with Gasteiger partial charge in [-0.05, 0) is 31.9 Å². The Kier molecular flexibility index (Phi) is 4.82. The summed E-state index contributed by atoms with van der Waals surface area (Å²) < 4.78 is 0. The van der Waals surface area contributed by atoms with Crippen LogP contribution in [0.4, 0.5) is 5.82 Å². The van der Waals surface area contributed by atoms with Gasteiger partial charge in [-0.15, -0.1) is 0 Å². The number of unbranched alkanes of at least 4 members (excludes halogenated alkanes) is 1. The van der Waals surface area contributed by atoms with Crippen LogP contribution >= 0.6 is 11.6 Å². The molecule has 1 heterocycles. The van der Waals surface area contributed by atoms with E-state index in [9.17, 15) is 0 Å². The Morgan fingerprint density at radius 1 is 1.40 bits per heavy atom. The van der Waals surface area contributed by atoms with Crippen molar-refractivity contribution in [2.75, 3.05) is 18.0 Å². The van der Waals surface area contributed by atoms with Crippen molar-refractivity contribution in [2.24, 2.45) is 0 Å². The summed E-state index contributed by atoms with van der Waals surface area (Å²) in [4.78, 5) is 10.5. The minimum Gasteiger partial charge on any atom is -0.357 e. The first-order valence-electron chi connectivity index (χ1n) is 5.43.